The minimum absolute atomic E-state index is 0.0315. The molecule has 0 aliphatic heterocycles. The minimum atomic E-state index is -3.73. The number of nitrogens with zero attached hydrogens (tertiary/aromatic N) is 2. The number of alkyl halides is 1. The van der Waals surface area contributed by atoms with Crippen LogP contribution in [0.5, 0.6) is 0 Å². The average Bonchev–Trinajstić information content (AvgIpc) is 3.10. The highest BCUT2D eigenvalue weighted by molar-refractivity contribution is 14.1. The molecule has 2 N–H and O–H groups in total. The van der Waals surface area contributed by atoms with Crippen molar-refractivity contribution in [3.63, 3.8) is 0 Å². The first-order valence-corrected chi connectivity index (χ1v) is 15.8. The van der Waals surface area contributed by atoms with Crippen molar-refractivity contribution in [2.75, 3.05) is 29.1 Å². The number of rotatable bonds is 10. The minimum Gasteiger partial charge on any atom is -0.437 e. The second-order valence-electron chi connectivity index (χ2n) is 8.17. The van der Waals surface area contributed by atoms with E-state index in [0.717, 1.165) is 22.4 Å². The number of pyridine rings is 1. The van der Waals surface area contributed by atoms with E-state index in [2.05, 4.69) is 27.6 Å². The molecular formula is C22H26IN3O6S2. The number of nitrogens with two attached hydrogens (primary N) is 1. The molecule has 34 heavy (non-hydrogen) atoms. The molecule has 3 rings (SSSR count). The smallest absolute Gasteiger partial charge is 0.253 e. The number of furan rings is 1. The number of aromatic nitrogens is 1. The van der Waals surface area contributed by atoms with Gasteiger partial charge < -0.3 is 10.2 Å². The monoisotopic (exact) mass is 619 g/mol. The molecule has 0 aliphatic rings. The summed E-state index contributed by atoms with van der Waals surface area (Å²) < 4.78 is 55.6. The summed E-state index contributed by atoms with van der Waals surface area (Å²) in [6.45, 7) is 2.00. The fourth-order valence-electron chi connectivity index (χ4n) is 3.57. The van der Waals surface area contributed by atoms with Crippen molar-refractivity contribution in [3.8, 4) is 11.3 Å². The van der Waals surface area contributed by atoms with E-state index >= 15 is 0 Å². The van der Waals surface area contributed by atoms with Gasteiger partial charge >= 0.3 is 0 Å². The molecule has 9 nitrogen and oxygen atoms in total. The molecule has 0 spiro atoms. The number of hydrogen-bond donors (Lipinski definition) is 1. The first-order chi connectivity index (χ1) is 15.8. The number of aryl methyl sites for hydroxylation is 1. The number of sulfone groups is 1. The standard InChI is InChI=1S/C22H26IN3O6S2/c1-14-6-8-15(9-7-14)19-18(20(24)27)17-12-16(13-23)21(25-22(17)32-19)26(34(3,30)31)10-4-5-11-33(2,28)29/h6-9,12H,4-5,10-11,13H2,1-3H3,(H2,24,27). The number of halogens is 1. The number of anilines is 1. The van der Waals surface area contributed by atoms with Crippen molar-refractivity contribution in [2.45, 2.75) is 24.2 Å². The van der Waals surface area contributed by atoms with Crippen LogP contribution < -0.4 is 10.0 Å². The number of benzene rings is 1. The molecule has 0 fully saturated rings. The van der Waals surface area contributed by atoms with Crippen molar-refractivity contribution >= 4 is 65.3 Å². The third-order valence-electron chi connectivity index (χ3n) is 5.21. The molecule has 0 unspecified atom stereocenters. The van der Waals surface area contributed by atoms with E-state index in [9.17, 15) is 21.6 Å². The Kier molecular flexibility index (Phi) is 7.92. The number of amides is 1. The lowest BCUT2D eigenvalue weighted by Gasteiger charge is -2.23. The number of sulfonamides is 1. The zero-order valence-corrected chi connectivity index (χ0v) is 22.8. The van der Waals surface area contributed by atoms with Crippen LogP contribution >= 0.6 is 22.6 Å². The summed E-state index contributed by atoms with van der Waals surface area (Å²) in [5, 5.41) is 0.406. The van der Waals surface area contributed by atoms with Gasteiger partial charge in [-0.1, -0.05) is 52.4 Å². The number of primary amides is 1. The number of carbonyl (C=O) groups is 1. The van der Waals surface area contributed by atoms with E-state index < -0.39 is 25.8 Å². The second kappa shape index (κ2) is 10.2. The Morgan fingerprint density at radius 1 is 1.12 bits per heavy atom. The van der Waals surface area contributed by atoms with Gasteiger partial charge in [-0.25, -0.2) is 16.8 Å². The molecule has 2 aromatic heterocycles. The molecule has 0 saturated heterocycles. The van der Waals surface area contributed by atoms with Gasteiger partial charge in [0.15, 0.2) is 0 Å². The topological polar surface area (TPSA) is 141 Å². The van der Waals surface area contributed by atoms with Gasteiger partial charge in [0.2, 0.25) is 15.7 Å². The SMILES string of the molecule is Cc1ccc(-c2oc3nc(N(CCCCS(C)(=O)=O)S(C)(=O)=O)c(CI)cc3c2C(N)=O)cc1. The normalized spacial score (nSPS) is 12.2. The maximum Gasteiger partial charge on any atom is 0.253 e. The Morgan fingerprint density at radius 3 is 2.29 bits per heavy atom. The van der Waals surface area contributed by atoms with Gasteiger partial charge in [0.25, 0.3) is 5.91 Å². The van der Waals surface area contributed by atoms with E-state index in [1.165, 1.54) is 0 Å². The number of carbonyl (C=O) groups excluding carboxylic acids is 1. The summed E-state index contributed by atoms with van der Waals surface area (Å²) >= 11 is 2.09. The Morgan fingerprint density at radius 2 is 1.76 bits per heavy atom. The van der Waals surface area contributed by atoms with Gasteiger partial charge in [-0.2, -0.15) is 4.98 Å². The zero-order valence-electron chi connectivity index (χ0n) is 19.0. The summed E-state index contributed by atoms with van der Waals surface area (Å²) in [4.78, 5) is 16.8. The molecule has 184 valence electrons. The Balaban J connectivity index is 2.13. The van der Waals surface area contributed by atoms with E-state index in [4.69, 9.17) is 10.2 Å². The molecule has 0 aliphatic carbocycles. The van der Waals surface area contributed by atoms with Crippen LogP contribution in [-0.2, 0) is 24.3 Å². The summed E-state index contributed by atoms with van der Waals surface area (Å²) in [7, 11) is -6.87. The molecule has 2 heterocycles. The first-order valence-electron chi connectivity index (χ1n) is 10.4. The summed E-state index contributed by atoms with van der Waals surface area (Å²) in [6, 6.07) is 9.06. The summed E-state index contributed by atoms with van der Waals surface area (Å²) in [6.07, 6.45) is 2.86. The first kappa shape index (κ1) is 26.4. The van der Waals surface area contributed by atoms with E-state index in [0.29, 0.717) is 33.8 Å². The Bertz CT molecular complexity index is 1430. The van der Waals surface area contributed by atoms with E-state index in [1.807, 2.05) is 31.2 Å². The van der Waals surface area contributed by atoms with Crippen LogP contribution in [0.2, 0.25) is 0 Å². The van der Waals surface area contributed by atoms with E-state index in [-0.39, 0.29) is 35.2 Å². The Labute approximate surface area is 212 Å². The highest BCUT2D eigenvalue weighted by Gasteiger charge is 2.27. The van der Waals surface area contributed by atoms with Gasteiger partial charge in [0, 0.05) is 34.1 Å². The molecular weight excluding hydrogens is 593 g/mol. The lowest BCUT2D eigenvalue weighted by Crippen LogP contribution is -2.32. The van der Waals surface area contributed by atoms with E-state index in [1.54, 1.807) is 6.07 Å². The third-order valence-corrected chi connectivity index (χ3v) is 8.21. The molecule has 12 heteroatoms. The van der Waals surface area contributed by atoms with Crippen molar-refractivity contribution < 1.29 is 26.0 Å². The average molecular weight is 620 g/mol. The molecule has 0 bridgehead atoms. The number of fused-ring (bicyclic) bond motifs is 1. The van der Waals surface area contributed by atoms with Crippen LogP contribution in [0.4, 0.5) is 5.82 Å². The predicted octanol–water partition coefficient (Wildman–Crippen LogP) is 3.43. The highest BCUT2D eigenvalue weighted by Crippen LogP contribution is 2.36. The summed E-state index contributed by atoms with van der Waals surface area (Å²) in [5.41, 5.74) is 8.23. The van der Waals surface area contributed by atoms with Crippen molar-refractivity contribution in [1.29, 1.82) is 0 Å². The highest BCUT2D eigenvalue weighted by atomic mass is 127. The van der Waals surface area contributed by atoms with Gasteiger partial charge in [-0.3, -0.25) is 9.10 Å². The van der Waals surface area contributed by atoms with Crippen LogP contribution in [0.15, 0.2) is 34.7 Å². The fourth-order valence-corrected chi connectivity index (χ4v) is 5.79. The lowest BCUT2D eigenvalue weighted by molar-refractivity contribution is 0.100. The second-order valence-corrected chi connectivity index (χ2v) is 13.1. The largest absolute Gasteiger partial charge is 0.437 e. The van der Waals surface area contributed by atoms with Crippen LogP contribution in [-0.4, -0.2) is 52.5 Å². The lowest BCUT2D eigenvalue weighted by atomic mass is 10.0. The van der Waals surface area contributed by atoms with Crippen LogP contribution in [0, 0.1) is 6.92 Å². The molecule has 0 saturated carbocycles. The Hall–Kier alpha value is -2.19. The molecule has 1 amide bonds. The maximum absolute atomic E-state index is 12.6. The quantitative estimate of drug-likeness (QED) is 0.208. The zero-order chi connectivity index (χ0) is 25.3. The fraction of sp³-hybridized carbons (Fsp3) is 0.364. The number of hydrogen-bond acceptors (Lipinski definition) is 7. The van der Waals surface area contributed by atoms with Gasteiger partial charge in [-0.15, -0.1) is 0 Å². The molecule has 0 atom stereocenters. The third kappa shape index (κ3) is 6.08. The van der Waals surface area contributed by atoms with Crippen molar-refractivity contribution in [2.24, 2.45) is 5.73 Å². The van der Waals surface area contributed by atoms with Crippen LogP contribution in [0.25, 0.3) is 22.4 Å². The summed E-state index contributed by atoms with van der Waals surface area (Å²) in [5.74, 6) is -0.255. The molecule has 3 aromatic rings. The van der Waals surface area contributed by atoms with Crippen LogP contribution in [0.3, 0.4) is 0 Å². The van der Waals surface area contributed by atoms with Gasteiger partial charge in [0.05, 0.1) is 17.2 Å². The van der Waals surface area contributed by atoms with Crippen molar-refractivity contribution in [1.82, 2.24) is 4.98 Å². The van der Waals surface area contributed by atoms with Gasteiger partial charge in [-0.05, 0) is 25.8 Å². The predicted molar refractivity (Wildman–Crippen MR) is 142 cm³/mol. The number of unbranched alkanes of at least 4 members (excludes halogenated alkanes) is 1. The van der Waals surface area contributed by atoms with Crippen LogP contribution in [0.1, 0.15) is 34.3 Å². The molecule has 0 radical (unpaired) electrons. The maximum atomic E-state index is 12.6. The van der Waals surface area contributed by atoms with Crippen molar-refractivity contribution in [3.05, 3.63) is 47.0 Å². The molecule has 1 aromatic carbocycles. The van der Waals surface area contributed by atoms with Gasteiger partial charge in [0.1, 0.15) is 21.4 Å².